The number of hydrogen-bond donors (Lipinski definition) is 0. The number of nitrogens with zero attached hydrogens (tertiary/aromatic N) is 2. The first-order chi connectivity index (χ1) is 18.4. The number of methoxy groups -OCH3 is 1. The molecule has 1 atom stereocenters. The lowest BCUT2D eigenvalue weighted by Crippen LogP contribution is -2.31. The summed E-state index contributed by atoms with van der Waals surface area (Å²) in [5.74, 6) is -0.240. The molecule has 1 aliphatic rings. The van der Waals surface area contributed by atoms with Crippen LogP contribution in [0.2, 0.25) is 10.0 Å². The minimum atomic E-state index is -0.546. The number of hydrazone groups is 1. The Labute approximate surface area is 230 Å². The molecule has 4 aromatic carbocycles. The lowest BCUT2D eigenvalue weighted by atomic mass is 9.97. The van der Waals surface area contributed by atoms with Crippen LogP contribution in [0.4, 0.5) is 0 Å². The number of rotatable bonds is 7. The molecule has 1 amide bonds. The van der Waals surface area contributed by atoms with E-state index < -0.39 is 18.5 Å². The molecule has 4 aromatic rings. The van der Waals surface area contributed by atoms with Crippen LogP contribution in [0.5, 0.6) is 5.75 Å². The Bertz CT molecular complexity index is 1540. The smallest absolute Gasteiger partial charge is 0.310 e. The average Bonchev–Trinajstić information content (AvgIpc) is 3.39. The topological polar surface area (TPSA) is 68.2 Å². The molecule has 8 heteroatoms. The predicted molar refractivity (Wildman–Crippen MR) is 149 cm³/mol. The first kappa shape index (κ1) is 25.8. The van der Waals surface area contributed by atoms with E-state index >= 15 is 0 Å². The van der Waals surface area contributed by atoms with Crippen LogP contribution in [0.25, 0.3) is 10.8 Å². The van der Waals surface area contributed by atoms with Crippen LogP contribution in [0, 0.1) is 0 Å². The summed E-state index contributed by atoms with van der Waals surface area (Å²) in [4.78, 5) is 25.7. The van der Waals surface area contributed by atoms with Crippen LogP contribution < -0.4 is 4.74 Å². The van der Waals surface area contributed by atoms with Gasteiger partial charge in [0, 0.05) is 6.42 Å². The summed E-state index contributed by atoms with van der Waals surface area (Å²) in [5, 5.41) is 9.08. The SMILES string of the molecule is COc1ccc(C2CC(c3ccc4ccccc4c3)=NN2C(=O)COC(=O)Cc2ccc(Cl)c(Cl)c2)cc1. The van der Waals surface area contributed by atoms with E-state index in [0.29, 0.717) is 22.0 Å². The van der Waals surface area contributed by atoms with E-state index in [9.17, 15) is 9.59 Å². The number of fused-ring (bicyclic) bond motifs is 1. The number of benzene rings is 4. The third kappa shape index (κ3) is 5.67. The molecule has 0 fully saturated rings. The van der Waals surface area contributed by atoms with Crippen molar-refractivity contribution < 1.29 is 19.1 Å². The highest BCUT2D eigenvalue weighted by Crippen LogP contribution is 2.34. The number of carbonyl (C=O) groups excluding carboxylic acids is 2. The van der Waals surface area contributed by atoms with Gasteiger partial charge in [0.15, 0.2) is 6.61 Å². The maximum Gasteiger partial charge on any atom is 0.310 e. The molecule has 0 aliphatic carbocycles. The zero-order valence-electron chi connectivity index (χ0n) is 20.6. The molecule has 1 unspecified atom stereocenters. The van der Waals surface area contributed by atoms with Gasteiger partial charge in [0.1, 0.15) is 5.75 Å². The summed E-state index contributed by atoms with van der Waals surface area (Å²) in [7, 11) is 1.60. The van der Waals surface area contributed by atoms with Crippen LogP contribution in [-0.2, 0) is 20.7 Å². The fraction of sp³-hybridized carbons (Fsp3) is 0.167. The van der Waals surface area contributed by atoms with Gasteiger partial charge in [-0.25, -0.2) is 5.01 Å². The first-order valence-corrected chi connectivity index (χ1v) is 12.8. The maximum atomic E-state index is 13.3. The summed E-state index contributed by atoms with van der Waals surface area (Å²) in [6, 6.07) is 26.3. The molecule has 5 rings (SSSR count). The van der Waals surface area contributed by atoms with Crippen LogP contribution in [-0.4, -0.2) is 36.3 Å². The third-order valence-electron chi connectivity index (χ3n) is 6.44. The van der Waals surface area contributed by atoms with Gasteiger partial charge >= 0.3 is 5.97 Å². The molecule has 1 heterocycles. The quantitative estimate of drug-likeness (QED) is 0.244. The molecule has 0 saturated carbocycles. The highest BCUT2D eigenvalue weighted by atomic mass is 35.5. The van der Waals surface area contributed by atoms with Gasteiger partial charge in [-0.3, -0.25) is 9.59 Å². The standard InChI is InChI=1S/C30H24Cl2N2O4/c1-37-24-11-9-21(10-12-24)28-17-27(23-8-7-20-4-2-3-5-22(20)16-23)33-34(28)29(35)18-38-30(36)15-19-6-13-25(31)26(32)14-19/h2-14,16,28H,15,17-18H2,1H3. The monoisotopic (exact) mass is 546 g/mol. The molecular weight excluding hydrogens is 523 g/mol. The van der Waals surface area contributed by atoms with Crippen molar-refractivity contribution in [2.75, 3.05) is 13.7 Å². The Hall–Kier alpha value is -3.87. The summed E-state index contributed by atoms with van der Waals surface area (Å²) in [6.07, 6.45) is 0.491. The predicted octanol–water partition coefficient (Wildman–Crippen LogP) is 6.62. The number of halogens is 2. The largest absolute Gasteiger partial charge is 0.497 e. The van der Waals surface area contributed by atoms with Gasteiger partial charge in [-0.2, -0.15) is 5.10 Å². The zero-order chi connectivity index (χ0) is 26.6. The second-order valence-electron chi connectivity index (χ2n) is 8.93. The van der Waals surface area contributed by atoms with E-state index in [2.05, 4.69) is 12.1 Å². The van der Waals surface area contributed by atoms with Gasteiger partial charge in [0.25, 0.3) is 5.91 Å². The molecule has 38 heavy (non-hydrogen) atoms. The van der Waals surface area contributed by atoms with Gasteiger partial charge in [-0.15, -0.1) is 0 Å². The van der Waals surface area contributed by atoms with Crippen molar-refractivity contribution in [2.24, 2.45) is 5.10 Å². The van der Waals surface area contributed by atoms with Crippen molar-refractivity contribution >= 4 is 51.6 Å². The molecule has 0 radical (unpaired) electrons. The maximum absolute atomic E-state index is 13.3. The van der Waals surface area contributed by atoms with E-state index in [4.69, 9.17) is 37.8 Å². The van der Waals surface area contributed by atoms with Crippen molar-refractivity contribution in [1.82, 2.24) is 5.01 Å². The number of hydrogen-bond acceptors (Lipinski definition) is 5. The Kier molecular flexibility index (Phi) is 7.63. The summed E-state index contributed by atoms with van der Waals surface area (Å²) in [6.45, 7) is -0.429. The van der Waals surface area contributed by atoms with Gasteiger partial charge < -0.3 is 9.47 Å². The van der Waals surface area contributed by atoms with E-state index in [1.807, 2.05) is 54.6 Å². The van der Waals surface area contributed by atoms with E-state index in [0.717, 1.165) is 33.4 Å². The number of ether oxygens (including phenoxy) is 2. The third-order valence-corrected chi connectivity index (χ3v) is 7.18. The Morgan fingerprint density at radius 3 is 2.42 bits per heavy atom. The molecule has 0 aromatic heterocycles. The number of esters is 1. The van der Waals surface area contributed by atoms with Gasteiger partial charge in [0.2, 0.25) is 0 Å². The lowest BCUT2D eigenvalue weighted by molar-refractivity contribution is -0.152. The Morgan fingerprint density at radius 1 is 0.921 bits per heavy atom. The summed E-state index contributed by atoms with van der Waals surface area (Å²) >= 11 is 12.0. The molecule has 0 spiro atoms. The van der Waals surface area contributed by atoms with Crippen LogP contribution in [0.1, 0.15) is 29.2 Å². The van der Waals surface area contributed by atoms with Gasteiger partial charge in [-0.1, -0.05) is 77.8 Å². The fourth-order valence-electron chi connectivity index (χ4n) is 4.44. The molecule has 192 valence electrons. The fourth-order valence-corrected chi connectivity index (χ4v) is 4.77. The van der Waals surface area contributed by atoms with E-state index in [1.165, 1.54) is 5.01 Å². The Balaban J connectivity index is 1.35. The van der Waals surface area contributed by atoms with E-state index in [-0.39, 0.29) is 12.5 Å². The van der Waals surface area contributed by atoms with Crippen LogP contribution >= 0.6 is 23.2 Å². The van der Waals surface area contributed by atoms with E-state index in [1.54, 1.807) is 25.3 Å². The van der Waals surface area contributed by atoms with Crippen molar-refractivity contribution in [2.45, 2.75) is 18.9 Å². The molecule has 1 aliphatic heterocycles. The minimum Gasteiger partial charge on any atom is -0.497 e. The molecule has 0 bridgehead atoms. The van der Waals surface area contributed by atoms with Gasteiger partial charge in [-0.05, 0) is 57.8 Å². The number of carbonyl (C=O) groups is 2. The second kappa shape index (κ2) is 11.3. The molecular formula is C30H24Cl2N2O4. The highest BCUT2D eigenvalue weighted by Gasteiger charge is 2.33. The van der Waals surface area contributed by atoms with Gasteiger partial charge in [0.05, 0.1) is 35.3 Å². The van der Waals surface area contributed by atoms with Crippen molar-refractivity contribution in [3.63, 3.8) is 0 Å². The molecule has 0 saturated heterocycles. The first-order valence-electron chi connectivity index (χ1n) is 12.0. The normalized spacial score (nSPS) is 14.9. The minimum absolute atomic E-state index is 0.0301. The van der Waals surface area contributed by atoms with Crippen molar-refractivity contribution in [1.29, 1.82) is 0 Å². The second-order valence-corrected chi connectivity index (χ2v) is 9.74. The molecule has 6 nitrogen and oxygen atoms in total. The lowest BCUT2D eigenvalue weighted by Gasteiger charge is -2.22. The highest BCUT2D eigenvalue weighted by molar-refractivity contribution is 6.42. The average molecular weight is 547 g/mol. The molecule has 0 N–H and O–H groups in total. The number of amides is 1. The Morgan fingerprint density at radius 2 is 1.68 bits per heavy atom. The summed E-state index contributed by atoms with van der Waals surface area (Å²) in [5.41, 5.74) is 3.27. The summed E-state index contributed by atoms with van der Waals surface area (Å²) < 4.78 is 10.6. The van der Waals surface area contributed by atoms with Crippen LogP contribution in [0.3, 0.4) is 0 Å². The zero-order valence-corrected chi connectivity index (χ0v) is 22.1. The van der Waals surface area contributed by atoms with Crippen molar-refractivity contribution in [3.05, 3.63) is 112 Å². The van der Waals surface area contributed by atoms with Crippen LogP contribution in [0.15, 0.2) is 90.0 Å². The van der Waals surface area contributed by atoms with Crippen molar-refractivity contribution in [3.8, 4) is 5.75 Å².